The van der Waals surface area contributed by atoms with Gasteiger partial charge in [0.1, 0.15) is 11.5 Å². The van der Waals surface area contributed by atoms with Gasteiger partial charge < -0.3 is 13.9 Å². The van der Waals surface area contributed by atoms with Crippen molar-refractivity contribution in [1.82, 2.24) is 0 Å². The first-order chi connectivity index (χ1) is 10.2. The lowest BCUT2D eigenvalue weighted by atomic mass is 10.1. The minimum atomic E-state index is -0.404. The summed E-state index contributed by atoms with van der Waals surface area (Å²) in [5.74, 6) is 1.55. The molecule has 112 valence electrons. The van der Waals surface area contributed by atoms with Gasteiger partial charge >= 0.3 is 5.97 Å². The lowest BCUT2D eigenvalue weighted by Gasteiger charge is -2.03. The van der Waals surface area contributed by atoms with E-state index in [2.05, 4.69) is 12.1 Å². The van der Waals surface area contributed by atoms with E-state index in [9.17, 15) is 4.79 Å². The standard InChI is InChI=1S/C17H20O4/c1-3-20-17(18)16-12-11-15(21-16)6-4-5-13-7-9-14(19-2)10-8-13/h7-12H,3-6H2,1-2H3. The van der Waals surface area contributed by atoms with Crippen LogP contribution in [0.3, 0.4) is 0 Å². The Kier molecular flexibility index (Phi) is 5.43. The third-order valence-corrected chi connectivity index (χ3v) is 3.19. The average molecular weight is 288 g/mol. The van der Waals surface area contributed by atoms with Gasteiger partial charge in [-0.15, -0.1) is 0 Å². The van der Waals surface area contributed by atoms with Crippen LogP contribution in [0.2, 0.25) is 0 Å². The molecular weight excluding hydrogens is 268 g/mol. The third kappa shape index (κ3) is 4.38. The van der Waals surface area contributed by atoms with Crippen molar-refractivity contribution in [3.8, 4) is 5.75 Å². The molecule has 21 heavy (non-hydrogen) atoms. The number of rotatable bonds is 7. The Morgan fingerprint density at radius 3 is 2.52 bits per heavy atom. The molecule has 0 saturated heterocycles. The summed E-state index contributed by atoms with van der Waals surface area (Å²) in [5.41, 5.74) is 1.26. The number of furan rings is 1. The van der Waals surface area contributed by atoms with Crippen LogP contribution in [0, 0.1) is 0 Å². The summed E-state index contributed by atoms with van der Waals surface area (Å²) in [6.07, 6.45) is 2.72. The number of hydrogen-bond acceptors (Lipinski definition) is 4. The van der Waals surface area contributed by atoms with E-state index in [1.54, 1.807) is 20.1 Å². The number of methoxy groups -OCH3 is 1. The molecule has 0 N–H and O–H groups in total. The zero-order valence-corrected chi connectivity index (χ0v) is 12.4. The van der Waals surface area contributed by atoms with Crippen LogP contribution in [-0.2, 0) is 17.6 Å². The summed E-state index contributed by atoms with van der Waals surface area (Å²) < 4.78 is 15.5. The van der Waals surface area contributed by atoms with Crippen molar-refractivity contribution >= 4 is 5.97 Å². The van der Waals surface area contributed by atoms with Crippen molar-refractivity contribution in [1.29, 1.82) is 0 Å². The average Bonchev–Trinajstić information content (AvgIpc) is 2.97. The first kappa shape index (κ1) is 15.2. The molecular formula is C17H20O4. The van der Waals surface area contributed by atoms with Gasteiger partial charge in [0.25, 0.3) is 0 Å². The number of esters is 1. The fourth-order valence-corrected chi connectivity index (χ4v) is 2.08. The second-order valence-corrected chi connectivity index (χ2v) is 4.69. The summed E-state index contributed by atoms with van der Waals surface area (Å²) in [5, 5.41) is 0. The molecule has 0 unspecified atom stereocenters. The number of aryl methyl sites for hydroxylation is 2. The van der Waals surface area contributed by atoms with Gasteiger partial charge in [-0.25, -0.2) is 4.79 Å². The third-order valence-electron chi connectivity index (χ3n) is 3.19. The lowest BCUT2D eigenvalue weighted by molar-refractivity contribution is 0.0488. The molecule has 2 rings (SSSR count). The minimum absolute atomic E-state index is 0.274. The molecule has 1 aromatic carbocycles. The van der Waals surface area contributed by atoms with Gasteiger partial charge in [0.15, 0.2) is 0 Å². The summed E-state index contributed by atoms with van der Waals surface area (Å²) in [4.78, 5) is 11.5. The van der Waals surface area contributed by atoms with Crippen LogP contribution in [-0.4, -0.2) is 19.7 Å². The maximum Gasteiger partial charge on any atom is 0.374 e. The monoisotopic (exact) mass is 288 g/mol. The number of ether oxygens (including phenoxy) is 2. The van der Waals surface area contributed by atoms with Crippen LogP contribution in [0.5, 0.6) is 5.75 Å². The Bertz CT molecular complexity index is 569. The molecule has 4 heteroatoms. The molecule has 0 aliphatic heterocycles. The van der Waals surface area contributed by atoms with Gasteiger partial charge in [-0.2, -0.15) is 0 Å². The first-order valence-corrected chi connectivity index (χ1v) is 7.11. The molecule has 0 atom stereocenters. The maximum absolute atomic E-state index is 11.5. The quantitative estimate of drug-likeness (QED) is 0.730. The fourth-order valence-electron chi connectivity index (χ4n) is 2.08. The zero-order valence-electron chi connectivity index (χ0n) is 12.4. The smallest absolute Gasteiger partial charge is 0.374 e. The predicted molar refractivity (Wildman–Crippen MR) is 79.7 cm³/mol. The molecule has 0 bridgehead atoms. The van der Waals surface area contributed by atoms with Crippen molar-refractivity contribution in [2.45, 2.75) is 26.2 Å². The summed E-state index contributed by atoms with van der Waals surface area (Å²) >= 11 is 0. The normalized spacial score (nSPS) is 10.4. The summed E-state index contributed by atoms with van der Waals surface area (Å²) in [6, 6.07) is 11.5. The second kappa shape index (κ2) is 7.53. The molecule has 4 nitrogen and oxygen atoms in total. The molecule has 0 aliphatic carbocycles. The highest BCUT2D eigenvalue weighted by atomic mass is 16.5. The Morgan fingerprint density at radius 1 is 1.10 bits per heavy atom. The summed E-state index contributed by atoms with van der Waals surface area (Å²) in [6.45, 7) is 2.13. The molecule has 0 amide bonds. The number of benzene rings is 1. The molecule has 0 spiro atoms. The highest BCUT2D eigenvalue weighted by molar-refractivity contribution is 5.86. The van der Waals surface area contributed by atoms with E-state index in [0.29, 0.717) is 6.61 Å². The van der Waals surface area contributed by atoms with E-state index >= 15 is 0 Å². The topological polar surface area (TPSA) is 48.7 Å². The molecule has 0 radical (unpaired) electrons. The molecule has 1 aromatic heterocycles. The maximum atomic E-state index is 11.5. The SMILES string of the molecule is CCOC(=O)c1ccc(CCCc2ccc(OC)cc2)o1. The lowest BCUT2D eigenvalue weighted by Crippen LogP contribution is -2.02. The van der Waals surface area contributed by atoms with Crippen LogP contribution in [0.25, 0.3) is 0 Å². The van der Waals surface area contributed by atoms with Crippen molar-refractivity contribution in [3.05, 3.63) is 53.5 Å². The van der Waals surface area contributed by atoms with E-state index in [1.165, 1.54) is 5.56 Å². The Hall–Kier alpha value is -2.23. The Balaban J connectivity index is 1.81. The molecule has 0 saturated carbocycles. The largest absolute Gasteiger partial charge is 0.497 e. The number of hydrogen-bond donors (Lipinski definition) is 0. The van der Waals surface area contributed by atoms with E-state index in [1.807, 2.05) is 18.2 Å². The van der Waals surface area contributed by atoms with Crippen molar-refractivity contribution < 1.29 is 18.7 Å². The zero-order chi connectivity index (χ0) is 15.1. The molecule has 0 aliphatic rings. The highest BCUT2D eigenvalue weighted by Crippen LogP contribution is 2.15. The number of carbonyl (C=O) groups is 1. The van der Waals surface area contributed by atoms with Crippen molar-refractivity contribution in [2.24, 2.45) is 0 Å². The van der Waals surface area contributed by atoms with Crippen LogP contribution in [0.4, 0.5) is 0 Å². The van der Waals surface area contributed by atoms with Gasteiger partial charge in [0.05, 0.1) is 13.7 Å². The van der Waals surface area contributed by atoms with Crippen LogP contribution < -0.4 is 4.74 Å². The number of carbonyl (C=O) groups excluding carboxylic acids is 1. The fraction of sp³-hybridized carbons (Fsp3) is 0.353. The van der Waals surface area contributed by atoms with Gasteiger partial charge in [0, 0.05) is 6.42 Å². The molecule has 0 fully saturated rings. The van der Waals surface area contributed by atoms with E-state index < -0.39 is 5.97 Å². The van der Waals surface area contributed by atoms with Crippen LogP contribution in [0.1, 0.15) is 35.2 Å². The Morgan fingerprint density at radius 2 is 1.86 bits per heavy atom. The van der Waals surface area contributed by atoms with Gasteiger partial charge in [-0.3, -0.25) is 0 Å². The van der Waals surface area contributed by atoms with E-state index in [-0.39, 0.29) is 5.76 Å². The van der Waals surface area contributed by atoms with Crippen LogP contribution >= 0.6 is 0 Å². The van der Waals surface area contributed by atoms with E-state index in [4.69, 9.17) is 13.9 Å². The van der Waals surface area contributed by atoms with Crippen molar-refractivity contribution in [3.63, 3.8) is 0 Å². The van der Waals surface area contributed by atoms with Gasteiger partial charge in [0.2, 0.25) is 5.76 Å². The van der Waals surface area contributed by atoms with Crippen LogP contribution in [0.15, 0.2) is 40.8 Å². The highest BCUT2D eigenvalue weighted by Gasteiger charge is 2.11. The first-order valence-electron chi connectivity index (χ1n) is 7.11. The Labute approximate surface area is 124 Å². The summed E-state index contributed by atoms with van der Waals surface area (Å²) in [7, 11) is 1.66. The molecule has 2 aromatic rings. The minimum Gasteiger partial charge on any atom is -0.497 e. The molecule has 1 heterocycles. The van der Waals surface area contributed by atoms with E-state index in [0.717, 1.165) is 30.8 Å². The second-order valence-electron chi connectivity index (χ2n) is 4.69. The van der Waals surface area contributed by atoms with Gasteiger partial charge in [-0.05, 0) is 49.6 Å². The van der Waals surface area contributed by atoms with Crippen molar-refractivity contribution in [2.75, 3.05) is 13.7 Å². The van der Waals surface area contributed by atoms with Gasteiger partial charge in [-0.1, -0.05) is 12.1 Å². The predicted octanol–water partition coefficient (Wildman–Crippen LogP) is 3.64.